The van der Waals surface area contributed by atoms with Crippen molar-refractivity contribution >= 4 is 35.3 Å². The van der Waals surface area contributed by atoms with Crippen LogP contribution < -0.4 is 5.73 Å². The standard InChI is InChI=1S/C20H24N4O6/c1-11(22(2)3)20(29)30-10-9-23-15(25)8-7-14(18(23)27)24-17(26)12-5-4-6-13(21)16(12)19(24)28/h4-6,11,14H,7-10,21H2,1-3H3/t11-,14?/m0/s1. The first-order chi connectivity index (χ1) is 14.1. The van der Waals surface area contributed by atoms with Gasteiger partial charge in [-0.25, -0.2) is 0 Å². The van der Waals surface area contributed by atoms with E-state index in [1.807, 2.05) is 0 Å². The molecule has 2 aliphatic rings. The van der Waals surface area contributed by atoms with Crippen LogP contribution in [0.15, 0.2) is 18.2 Å². The molecule has 1 aromatic carbocycles. The number of ether oxygens (including phenoxy) is 1. The fraction of sp³-hybridized carbons (Fsp3) is 0.450. The summed E-state index contributed by atoms with van der Waals surface area (Å²) in [5.41, 5.74) is 6.21. The van der Waals surface area contributed by atoms with Crippen LogP contribution in [0.3, 0.4) is 0 Å². The second kappa shape index (κ2) is 8.23. The highest BCUT2D eigenvalue weighted by molar-refractivity contribution is 6.25. The predicted molar refractivity (Wildman–Crippen MR) is 105 cm³/mol. The summed E-state index contributed by atoms with van der Waals surface area (Å²) in [5.74, 6) is -2.85. The molecular formula is C20H24N4O6. The van der Waals surface area contributed by atoms with Gasteiger partial charge in [-0.1, -0.05) is 6.07 Å². The van der Waals surface area contributed by atoms with E-state index in [4.69, 9.17) is 10.5 Å². The second-order valence-electron chi connectivity index (χ2n) is 7.50. The van der Waals surface area contributed by atoms with Gasteiger partial charge in [0.25, 0.3) is 17.7 Å². The van der Waals surface area contributed by atoms with Crippen LogP contribution in [0.4, 0.5) is 5.69 Å². The summed E-state index contributed by atoms with van der Waals surface area (Å²) in [7, 11) is 3.45. The van der Waals surface area contributed by atoms with Crippen molar-refractivity contribution < 1.29 is 28.7 Å². The molecule has 0 radical (unpaired) electrons. The maximum absolute atomic E-state index is 12.9. The molecule has 3 rings (SSSR count). The number of benzene rings is 1. The number of likely N-dealkylation sites (tertiary alicyclic amines) is 1. The monoisotopic (exact) mass is 416 g/mol. The Morgan fingerprint density at radius 3 is 2.57 bits per heavy atom. The van der Waals surface area contributed by atoms with Crippen LogP contribution in [-0.4, -0.2) is 83.6 Å². The molecule has 10 nitrogen and oxygen atoms in total. The Morgan fingerprint density at radius 1 is 1.23 bits per heavy atom. The molecule has 2 N–H and O–H groups in total. The van der Waals surface area contributed by atoms with Crippen LogP contribution in [0.25, 0.3) is 0 Å². The first-order valence-corrected chi connectivity index (χ1v) is 9.58. The fourth-order valence-electron chi connectivity index (χ4n) is 3.48. The number of rotatable bonds is 6. The molecule has 0 saturated carbocycles. The fourth-order valence-corrected chi connectivity index (χ4v) is 3.48. The lowest BCUT2D eigenvalue weighted by Gasteiger charge is -2.34. The van der Waals surface area contributed by atoms with Gasteiger partial charge in [0.05, 0.1) is 17.7 Å². The molecule has 1 unspecified atom stereocenters. The summed E-state index contributed by atoms with van der Waals surface area (Å²) >= 11 is 0. The van der Waals surface area contributed by atoms with Gasteiger partial charge in [-0.3, -0.25) is 38.7 Å². The third-order valence-corrected chi connectivity index (χ3v) is 5.45. The van der Waals surface area contributed by atoms with E-state index in [1.54, 1.807) is 32.0 Å². The normalized spacial score (nSPS) is 20.1. The Kier molecular flexibility index (Phi) is 5.88. The first kappa shape index (κ1) is 21.4. The number of esters is 1. The van der Waals surface area contributed by atoms with Crippen molar-refractivity contribution in [1.29, 1.82) is 0 Å². The van der Waals surface area contributed by atoms with Gasteiger partial charge in [0.1, 0.15) is 18.7 Å². The lowest BCUT2D eigenvalue weighted by Crippen LogP contribution is -2.56. The molecular weight excluding hydrogens is 392 g/mol. The van der Waals surface area contributed by atoms with Crippen molar-refractivity contribution in [2.75, 3.05) is 33.0 Å². The Labute approximate surface area is 173 Å². The number of piperidine rings is 1. The zero-order valence-corrected chi connectivity index (χ0v) is 17.1. The molecule has 1 fully saturated rings. The SMILES string of the molecule is C[C@@H](C(=O)OCCN1C(=O)CCC(N2C(=O)c3cccc(N)c3C2=O)C1=O)N(C)C. The van der Waals surface area contributed by atoms with Crippen molar-refractivity contribution in [2.24, 2.45) is 0 Å². The van der Waals surface area contributed by atoms with Gasteiger partial charge >= 0.3 is 5.97 Å². The molecule has 30 heavy (non-hydrogen) atoms. The number of imide groups is 2. The van der Waals surface area contributed by atoms with Gasteiger partial charge in [-0.2, -0.15) is 0 Å². The van der Waals surface area contributed by atoms with E-state index in [0.29, 0.717) is 0 Å². The Balaban J connectivity index is 1.72. The number of nitrogens with zero attached hydrogens (tertiary/aromatic N) is 3. The number of nitrogens with two attached hydrogens (primary N) is 1. The first-order valence-electron chi connectivity index (χ1n) is 9.58. The molecule has 2 heterocycles. The van der Waals surface area contributed by atoms with Crippen molar-refractivity contribution in [2.45, 2.75) is 31.8 Å². The minimum absolute atomic E-state index is 0.0126. The average molecular weight is 416 g/mol. The number of hydrogen-bond donors (Lipinski definition) is 1. The van der Waals surface area contributed by atoms with Crippen LogP contribution >= 0.6 is 0 Å². The molecule has 4 amide bonds. The van der Waals surface area contributed by atoms with E-state index in [0.717, 1.165) is 9.80 Å². The summed E-state index contributed by atoms with van der Waals surface area (Å²) in [5, 5.41) is 0. The predicted octanol–water partition coefficient (Wildman–Crippen LogP) is -0.124. The van der Waals surface area contributed by atoms with Crippen LogP contribution in [0.1, 0.15) is 40.5 Å². The molecule has 160 valence electrons. The van der Waals surface area contributed by atoms with Gasteiger partial charge in [0, 0.05) is 12.1 Å². The number of likely N-dealkylation sites (N-methyl/N-ethyl adjacent to an activating group) is 1. The molecule has 0 spiro atoms. The molecule has 0 bridgehead atoms. The van der Waals surface area contributed by atoms with E-state index < -0.39 is 41.7 Å². The summed E-state index contributed by atoms with van der Waals surface area (Å²) in [6.07, 6.45) is 0.0261. The highest BCUT2D eigenvalue weighted by atomic mass is 16.5. The number of carbonyl (C=O) groups is 5. The molecule has 2 aliphatic heterocycles. The van der Waals surface area contributed by atoms with Gasteiger partial charge < -0.3 is 10.5 Å². The minimum Gasteiger partial charge on any atom is -0.463 e. The number of amides is 4. The lowest BCUT2D eigenvalue weighted by atomic mass is 10.0. The van der Waals surface area contributed by atoms with E-state index in [-0.39, 0.29) is 42.8 Å². The van der Waals surface area contributed by atoms with Crippen LogP contribution in [0, 0.1) is 0 Å². The zero-order chi connectivity index (χ0) is 22.2. The lowest BCUT2D eigenvalue weighted by molar-refractivity contribution is -0.157. The Hall–Kier alpha value is -3.27. The van der Waals surface area contributed by atoms with E-state index in [9.17, 15) is 24.0 Å². The molecule has 2 atom stereocenters. The largest absolute Gasteiger partial charge is 0.463 e. The van der Waals surface area contributed by atoms with Crippen LogP contribution in [0.5, 0.6) is 0 Å². The maximum Gasteiger partial charge on any atom is 0.323 e. The number of hydrogen-bond acceptors (Lipinski definition) is 8. The highest BCUT2D eigenvalue weighted by Crippen LogP contribution is 2.31. The number of fused-ring (bicyclic) bond motifs is 1. The quantitative estimate of drug-likeness (QED) is 0.386. The Bertz CT molecular complexity index is 928. The number of anilines is 1. The van der Waals surface area contributed by atoms with E-state index in [1.165, 1.54) is 12.1 Å². The zero-order valence-electron chi connectivity index (χ0n) is 17.1. The van der Waals surface area contributed by atoms with Crippen molar-refractivity contribution in [3.05, 3.63) is 29.3 Å². The minimum atomic E-state index is -1.11. The van der Waals surface area contributed by atoms with E-state index in [2.05, 4.69) is 0 Å². The summed E-state index contributed by atoms with van der Waals surface area (Å²) in [6, 6.07) is 2.97. The third kappa shape index (κ3) is 3.65. The maximum atomic E-state index is 12.9. The topological polar surface area (TPSA) is 130 Å². The molecule has 1 saturated heterocycles. The van der Waals surface area contributed by atoms with E-state index >= 15 is 0 Å². The smallest absolute Gasteiger partial charge is 0.323 e. The van der Waals surface area contributed by atoms with Crippen molar-refractivity contribution in [3.8, 4) is 0 Å². The van der Waals surface area contributed by atoms with Crippen molar-refractivity contribution in [1.82, 2.24) is 14.7 Å². The van der Waals surface area contributed by atoms with Crippen LogP contribution in [-0.2, 0) is 19.1 Å². The second-order valence-corrected chi connectivity index (χ2v) is 7.50. The molecule has 1 aromatic rings. The summed E-state index contributed by atoms with van der Waals surface area (Å²) < 4.78 is 5.14. The summed E-state index contributed by atoms with van der Waals surface area (Å²) in [4.78, 5) is 66.2. The third-order valence-electron chi connectivity index (χ3n) is 5.45. The Morgan fingerprint density at radius 2 is 1.93 bits per heavy atom. The molecule has 10 heteroatoms. The van der Waals surface area contributed by atoms with Crippen LogP contribution in [0.2, 0.25) is 0 Å². The summed E-state index contributed by atoms with van der Waals surface area (Å²) in [6.45, 7) is 1.35. The molecule has 0 aromatic heterocycles. The van der Waals surface area contributed by atoms with Gasteiger partial charge in [-0.05, 0) is 39.6 Å². The molecule has 0 aliphatic carbocycles. The number of nitrogen functional groups attached to an aromatic ring is 1. The van der Waals surface area contributed by atoms with Crippen molar-refractivity contribution in [3.63, 3.8) is 0 Å². The average Bonchev–Trinajstić information content (AvgIpc) is 2.95. The number of carbonyl (C=O) groups excluding carboxylic acids is 5. The van der Waals surface area contributed by atoms with Gasteiger partial charge in [-0.15, -0.1) is 0 Å². The highest BCUT2D eigenvalue weighted by Gasteiger charge is 2.47. The van der Waals surface area contributed by atoms with Gasteiger partial charge in [0.2, 0.25) is 5.91 Å². The van der Waals surface area contributed by atoms with Gasteiger partial charge in [0.15, 0.2) is 0 Å².